The Bertz CT molecular complexity index is 2930. The summed E-state index contributed by atoms with van der Waals surface area (Å²) in [5.74, 6) is -0.413. The number of nitrogens with zero attached hydrogens (tertiary/aromatic N) is 4. The summed E-state index contributed by atoms with van der Waals surface area (Å²) < 4.78 is 57.9. The van der Waals surface area contributed by atoms with Gasteiger partial charge in [0, 0.05) is 62.3 Å². The van der Waals surface area contributed by atoms with Crippen LogP contribution in [0.2, 0.25) is 0 Å². The van der Waals surface area contributed by atoms with Crippen molar-refractivity contribution in [2.45, 2.75) is 133 Å². The highest BCUT2D eigenvalue weighted by atomic mass is 32.2. The first kappa shape index (κ1) is 47.9. The first-order chi connectivity index (χ1) is 33.4. The molecule has 3 aliphatic heterocycles. The Hall–Kier alpha value is -5.78. The number of aliphatic hydroxyl groups is 1. The molecular formula is C53H64FN7O8S. The number of ether oxygens (including phenoxy) is 2. The molecular weight excluding hydrogens is 914 g/mol. The van der Waals surface area contributed by atoms with E-state index in [-0.39, 0.29) is 63.8 Å². The lowest BCUT2D eigenvalue weighted by Crippen LogP contribution is -2.63. The van der Waals surface area contributed by atoms with Gasteiger partial charge in [-0.2, -0.15) is 0 Å². The van der Waals surface area contributed by atoms with Crippen molar-refractivity contribution in [1.29, 1.82) is 0 Å². The van der Waals surface area contributed by atoms with Crippen molar-refractivity contribution in [1.82, 2.24) is 19.6 Å². The number of nitro benzene ring substituents is 1. The second kappa shape index (κ2) is 18.4. The standard InChI is InChI=1S/C53H64FN7O8S/c1-31(2)36-9-6-7-10-37(36)38-11-8-12-43(38)60-29-53(30-60)19-21-59(22-20-53)34-13-14-39(45(23-34)69-47-26-40-41(54)27-55-50(40)57-48(47)32(3)4)51(62)58-70(66,67)35-24-44(61(64)65)49-46(25-35)68-28-42(56-49)33-15-17-52(5,63)18-16-33/h6-7,9-10,13-14,23-27,31-33,38,42-43,56,63H,8,11-12,15-22,28-30H2,1-5H3,(H,55,57)(H,58,62)/t33-,38-,42+,43-,52-/m0/s1. The third-order valence-electron chi connectivity index (χ3n) is 16.0. The quantitative estimate of drug-likeness (QED) is 0.0684. The van der Waals surface area contributed by atoms with Gasteiger partial charge in [-0.15, -0.1) is 0 Å². The van der Waals surface area contributed by atoms with Crippen LogP contribution in [0, 0.1) is 27.3 Å². The highest BCUT2D eigenvalue weighted by Crippen LogP contribution is 2.50. The monoisotopic (exact) mass is 977 g/mol. The second-order valence-corrected chi connectivity index (χ2v) is 23.2. The van der Waals surface area contributed by atoms with E-state index in [0.29, 0.717) is 54.9 Å². The number of carbonyl (C=O) groups excluding carboxylic acids is 1. The van der Waals surface area contributed by atoms with Gasteiger partial charge in [-0.1, -0.05) is 58.4 Å². The van der Waals surface area contributed by atoms with Crippen LogP contribution in [0.25, 0.3) is 11.0 Å². The summed E-state index contributed by atoms with van der Waals surface area (Å²) in [6, 6.07) is 17.9. The smallest absolute Gasteiger partial charge is 0.297 e. The van der Waals surface area contributed by atoms with Gasteiger partial charge in [0.2, 0.25) is 0 Å². The number of anilines is 2. The molecule has 3 aromatic carbocycles. The Balaban J connectivity index is 0.892. The van der Waals surface area contributed by atoms with Crippen LogP contribution in [0.3, 0.4) is 0 Å². The molecule has 2 saturated carbocycles. The first-order valence-electron chi connectivity index (χ1n) is 25.0. The maximum Gasteiger partial charge on any atom is 0.297 e. The van der Waals surface area contributed by atoms with Crippen LogP contribution in [-0.4, -0.2) is 89.7 Å². The zero-order valence-corrected chi connectivity index (χ0v) is 41.4. The number of pyridine rings is 1. The molecule has 2 saturated heterocycles. The molecule has 10 rings (SSSR count). The van der Waals surface area contributed by atoms with E-state index in [4.69, 9.17) is 9.47 Å². The number of H-pyrrole nitrogens is 1. The summed E-state index contributed by atoms with van der Waals surface area (Å²) in [6.45, 7) is 14.0. The third-order valence-corrected chi connectivity index (χ3v) is 17.3. The number of benzene rings is 3. The maximum absolute atomic E-state index is 15.0. The number of hydrogen-bond donors (Lipinski definition) is 4. The first-order valence-corrected chi connectivity index (χ1v) is 26.4. The summed E-state index contributed by atoms with van der Waals surface area (Å²) in [5.41, 5.74) is 3.46. The molecule has 5 aliphatic rings. The molecule has 4 N–H and O–H groups in total. The number of piperidine rings is 1. The van der Waals surface area contributed by atoms with Crippen molar-refractivity contribution < 1.29 is 37.1 Å². The number of aromatic amines is 1. The highest BCUT2D eigenvalue weighted by Gasteiger charge is 2.49. The molecule has 15 nitrogen and oxygen atoms in total. The fourth-order valence-corrected chi connectivity index (χ4v) is 13.0. The molecule has 5 aromatic rings. The van der Waals surface area contributed by atoms with E-state index in [0.717, 1.165) is 50.8 Å². The minimum Gasteiger partial charge on any atom is -0.489 e. The van der Waals surface area contributed by atoms with Crippen molar-refractivity contribution in [2.75, 3.05) is 43.0 Å². The van der Waals surface area contributed by atoms with Gasteiger partial charge in [-0.05, 0) is 117 Å². The number of nitrogens with one attached hydrogen (secondary N) is 3. The number of fused-ring (bicyclic) bond motifs is 2. The molecule has 1 spiro atoms. The molecule has 0 radical (unpaired) electrons. The van der Waals surface area contributed by atoms with Crippen molar-refractivity contribution in [3.8, 4) is 17.2 Å². The molecule has 17 heteroatoms. The Morgan fingerprint density at radius 1 is 0.986 bits per heavy atom. The average Bonchev–Trinajstić information content (AvgIpc) is 3.96. The van der Waals surface area contributed by atoms with Crippen molar-refractivity contribution in [3.63, 3.8) is 0 Å². The lowest BCUT2D eigenvalue weighted by molar-refractivity contribution is -0.384. The van der Waals surface area contributed by atoms with E-state index < -0.39 is 42.9 Å². The van der Waals surface area contributed by atoms with Crippen LogP contribution in [0.5, 0.6) is 17.2 Å². The summed E-state index contributed by atoms with van der Waals surface area (Å²) in [7, 11) is -4.73. The van der Waals surface area contributed by atoms with E-state index in [1.54, 1.807) is 19.1 Å². The topological polar surface area (TPSA) is 192 Å². The van der Waals surface area contributed by atoms with Gasteiger partial charge < -0.3 is 29.8 Å². The van der Waals surface area contributed by atoms with Crippen molar-refractivity contribution in [2.24, 2.45) is 11.3 Å². The number of carbonyl (C=O) groups is 1. The predicted octanol–water partition coefficient (Wildman–Crippen LogP) is 10.1. The third kappa shape index (κ3) is 9.20. The molecule has 3 atom stereocenters. The van der Waals surface area contributed by atoms with Crippen LogP contribution in [0.1, 0.15) is 137 Å². The number of sulfonamides is 1. The van der Waals surface area contributed by atoms with E-state index in [2.05, 4.69) is 67.9 Å². The van der Waals surface area contributed by atoms with Crippen LogP contribution in [0.15, 0.2) is 71.8 Å². The minimum atomic E-state index is -4.73. The summed E-state index contributed by atoms with van der Waals surface area (Å²) in [5, 5.41) is 26.4. The Morgan fingerprint density at radius 3 is 2.44 bits per heavy atom. The fourth-order valence-electron chi connectivity index (χ4n) is 12.0. The summed E-state index contributed by atoms with van der Waals surface area (Å²) in [4.78, 5) is 38.1. The molecule has 1 amide bonds. The van der Waals surface area contributed by atoms with Gasteiger partial charge >= 0.3 is 0 Å². The number of nitro groups is 1. The normalized spacial score (nSPS) is 24.6. The van der Waals surface area contributed by atoms with Gasteiger partial charge in [0.15, 0.2) is 11.4 Å². The van der Waals surface area contributed by atoms with Gasteiger partial charge in [-0.25, -0.2) is 22.5 Å². The van der Waals surface area contributed by atoms with E-state index in [9.17, 15) is 32.8 Å². The Kier molecular flexibility index (Phi) is 12.6. The maximum atomic E-state index is 15.0. The number of aromatic nitrogens is 2. The van der Waals surface area contributed by atoms with Crippen LogP contribution < -0.4 is 24.4 Å². The summed E-state index contributed by atoms with van der Waals surface area (Å²) in [6.07, 6.45) is 9.43. The highest BCUT2D eigenvalue weighted by molar-refractivity contribution is 7.90. The molecule has 4 fully saturated rings. The lowest BCUT2D eigenvalue weighted by atomic mass is 9.70. The van der Waals surface area contributed by atoms with Crippen LogP contribution in [0.4, 0.5) is 21.5 Å². The van der Waals surface area contributed by atoms with Crippen molar-refractivity contribution >= 4 is 44.0 Å². The molecule has 5 heterocycles. The minimum absolute atomic E-state index is 0.0244. The van der Waals surface area contributed by atoms with E-state index in [1.807, 2.05) is 13.8 Å². The van der Waals surface area contributed by atoms with Gasteiger partial charge in [-0.3, -0.25) is 19.8 Å². The molecule has 2 aliphatic carbocycles. The zero-order chi connectivity index (χ0) is 49.3. The molecule has 2 aromatic heterocycles. The fraction of sp³-hybridized carbons (Fsp3) is 0.509. The number of halogens is 1. The number of amides is 1. The van der Waals surface area contributed by atoms with E-state index in [1.165, 1.54) is 54.8 Å². The van der Waals surface area contributed by atoms with Gasteiger partial charge in [0.25, 0.3) is 21.6 Å². The SMILES string of the molecule is CC(C)c1ccccc1[C@@H]1CCC[C@@H]1N1CC2(CCN(c3ccc(C(=O)NS(=O)(=O)c4cc5c(c([N+](=O)[O-])c4)N[C@@H]([C@H]4CC[C@](C)(O)CC4)CO5)c(Oc4cc5c(F)c[nH]c5nc4C(C)C)c3)CC2)C1. The number of likely N-dealkylation sites (tertiary alicyclic amines) is 1. The van der Waals surface area contributed by atoms with Gasteiger partial charge in [0.1, 0.15) is 29.6 Å². The lowest BCUT2D eigenvalue weighted by Gasteiger charge is -2.57. The molecule has 372 valence electrons. The molecule has 0 unspecified atom stereocenters. The van der Waals surface area contributed by atoms with Gasteiger partial charge in [0.05, 0.1) is 38.1 Å². The number of hydrogen-bond acceptors (Lipinski definition) is 12. The zero-order valence-electron chi connectivity index (χ0n) is 40.6. The Labute approximate surface area is 408 Å². The largest absolute Gasteiger partial charge is 0.489 e. The molecule has 0 bridgehead atoms. The average molecular weight is 978 g/mol. The summed E-state index contributed by atoms with van der Waals surface area (Å²) >= 11 is 0. The molecule has 70 heavy (non-hydrogen) atoms. The van der Waals surface area contributed by atoms with E-state index >= 15 is 0 Å². The van der Waals surface area contributed by atoms with Crippen LogP contribution >= 0.6 is 0 Å². The van der Waals surface area contributed by atoms with Crippen molar-refractivity contribution in [3.05, 3.63) is 105 Å². The Morgan fingerprint density at radius 2 is 1.73 bits per heavy atom. The predicted molar refractivity (Wildman–Crippen MR) is 266 cm³/mol. The van der Waals surface area contributed by atoms with Crippen LogP contribution in [-0.2, 0) is 10.0 Å². The number of rotatable bonds is 12. The second-order valence-electron chi connectivity index (χ2n) is 21.5.